The van der Waals surface area contributed by atoms with Crippen LogP contribution in [0.5, 0.6) is 0 Å². The van der Waals surface area contributed by atoms with Crippen LogP contribution in [0.3, 0.4) is 0 Å². The van der Waals surface area contributed by atoms with Crippen LogP contribution in [0.1, 0.15) is 44.2 Å². The van der Waals surface area contributed by atoms with Crippen LogP contribution in [0.4, 0.5) is 0 Å². The highest BCUT2D eigenvalue weighted by atomic mass is 79.9. The summed E-state index contributed by atoms with van der Waals surface area (Å²) in [5.74, 6) is 1.91. The van der Waals surface area contributed by atoms with Gasteiger partial charge < -0.3 is 5.32 Å². The van der Waals surface area contributed by atoms with E-state index in [1.807, 2.05) is 0 Å². The highest BCUT2D eigenvalue weighted by molar-refractivity contribution is 9.11. The first kappa shape index (κ1) is 13.1. The molecule has 3 rings (SSSR count). The van der Waals surface area contributed by atoms with Gasteiger partial charge in [-0.25, -0.2) is 0 Å². The molecule has 0 bridgehead atoms. The summed E-state index contributed by atoms with van der Waals surface area (Å²) in [4.78, 5) is 0. The van der Waals surface area contributed by atoms with E-state index < -0.39 is 0 Å². The van der Waals surface area contributed by atoms with E-state index >= 15 is 0 Å². The van der Waals surface area contributed by atoms with Crippen molar-refractivity contribution in [3.8, 4) is 0 Å². The van der Waals surface area contributed by atoms with Crippen molar-refractivity contribution in [1.82, 2.24) is 5.32 Å². The van der Waals surface area contributed by atoms with Gasteiger partial charge in [-0.1, -0.05) is 37.9 Å². The van der Waals surface area contributed by atoms with Crippen molar-refractivity contribution in [1.29, 1.82) is 0 Å². The predicted octanol–water partition coefficient (Wildman–Crippen LogP) is 5.05. The standard InChI is InChI=1S/C15H19Br2N/c1-9(13-7-6-12(16)8-14(13)17)18-15(10-2-3-10)11-4-5-11/h6-11,15,18H,2-5H2,1H3. The summed E-state index contributed by atoms with van der Waals surface area (Å²) < 4.78 is 2.33. The summed E-state index contributed by atoms with van der Waals surface area (Å²) in [6.07, 6.45) is 5.73. The first-order valence-electron chi connectivity index (χ1n) is 6.86. The predicted molar refractivity (Wildman–Crippen MR) is 82.6 cm³/mol. The van der Waals surface area contributed by atoms with Crippen LogP contribution in [0.2, 0.25) is 0 Å². The molecule has 0 saturated heterocycles. The molecule has 1 N–H and O–H groups in total. The second-order valence-corrected chi connectivity index (χ2v) is 7.52. The summed E-state index contributed by atoms with van der Waals surface area (Å²) >= 11 is 7.19. The second kappa shape index (κ2) is 5.26. The maximum atomic E-state index is 3.87. The fraction of sp³-hybridized carbons (Fsp3) is 0.600. The highest BCUT2D eigenvalue weighted by Gasteiger charge is 2.41. The topological polar surface area (TPSA) is 12.0 Å². The van der Waals surface area contributed by atoms with Crippen LogP contribution in [-0.4, -0.2) is 6.04 Å². The molecule has 0 aromatic heterocycles. The lowest BCUT2D eigenvalue weighted by atomic mass is 10.0. The minimum absolute atomic E-state index is 0.429. The minimum Gasteiger partial charge on any atom is -0.307 e. The van der Waals surface area contributed by atoms with Gasteiger partial charge in [-0.15, -0.1) is 0 Å². The third-order valence-electron chi connectivity index (χ3n) is 4.13. The molecule has 1 nitrogen and oxygen atoms in total. The van der Waals surface area contributed by atoms with E-state index in [4.69, 9.17) is 0 Å². The molecule has 3 heteroatoms. The van der Waals surface area contributed by atoms with Gasteiger partial charge in [0.1, 0.15) is 0 Å². The fourth-order valence-electron chi connectivity index (χ4n) is 2.80. The van der Waals surface area contributed by atoms with Crippen molar-refractivity contribution in [3.63, 3.8) is 0 Å². The summed E-state index contributed by atoms with van der Waals surface area (Å²) in [5.41, 5.74) is 1.37. The van der Waals surface area contributed by atoms with Gasteiger partial charge in [0.2, 0.25) is 0 Å². The summed E-state index contributed by atoms with van der Waals surface area (Å²) in [6, 6.07) is 7.66. The molecule has 2 saturated carbocycles. The molecule has 2 aliphatic rings. The Morgan fingerprint density at radius 2 is 1.72 bits per heavy atom. The molecule has 1 atom stereocenters. The Labute approximate surface area is 126 Å². The lowest BCUT2D eigenvalue weighted by molar-refractivity contribution is 0.377. The van der Waals surface area contributed by atoms with Crippen molar-refractivity contribution in [3.05, 3.63) is 32.7 Å². The molecule has 2 aliphatic carbocycles. The molecule has 0 aliphatic heterocycles. The Balaban J connectivity index is 1.70. The van der Waals surface area contributed by atoms with Crippen molar-refractivity contribution in [2.75, 3.05) is 0 Å². The third-order valence-corrected chi connectivity index (χ3v) is 5.31. The zero-order valence-electron chi connectivity index (χ0n) is 10.6. The van der Waals surface area contributed by atoms with Gasteiger partial charge in [0, 0.05) is 21.0 Å². The van der Waals surface area contributed by atoms with Gasteiger partial charge in [0.25, 0.3) is 0 Å². The van der Waals surface area contributed by atoms with Gasteiger partial charge >= 0.3 is 0 Å². The van der Waals surface area contributed by atoms with Crippen molar-refractivity contribution >= 4 is 31.9 Å². The number of nitrogens with one attached hydrogen (secondary N) is 1. The van der Waals surface area contributed by atoms with Crippen molar-refractivity contribution < 1.29 is 0 Å². The van der Waals surface area contributed by atoms with Crippen LogP contribution < -0.4 is 5.32 Å². The number of halogens is 2. The Morgan fingerprint density at radius 1 is 1.11 bits per heavy atom. The molecule has 0 amide bonds. The van der Waals surface area contributed by atoms with Crippen LogP contribution in [0, 0.1) is 11.8 Å². The summed E-state index contributed by atoms with van der Waals surface area (Å²) in [6.45, 7) is 2.28. The van der Waals surface area contributed by atoms with E-state index in [2.05, 4.69) is 62.3 Å². The first-order chi connectivity index (χ1) is 8.65. The molecule has 0 radical (unpaired) electrons. The molecule has 0 heterocycles. The SMILES string of the molecule is CC(NC(C1CC1)C1CC1)c1ccc(Br)cc1Br. The molecule has 1 aromatic rings. The van der Waals surface area contributed by atoms with Crippen LogP contribution in [0.25, 0.3) is 0 Å². The minimum atomic E-state index is 0.429. The van der Waals surface area contributed by atoms with E-state index in [0.29, 0.717) is 6.04 Å². The van der Waals surface area contributed by atoms with Gasteiger partial charge in [-0.2, -0.15) is 0 Å². The van der Waals surface area contributed by atoms with Gasteiger partial charge in [-0.05, 0) is 62.1 Å². The van der Waals surface area contributed by atoms with Crippen molar-refractivity contribution in [2.24, 2.45) is 11.8 Å². The largest absolute Gasteiger partial charge is 0.307 e. The van der Waals surface area contributed by atoms with E-state index in [1.165, 1.54) is 35.7 Å². The summed E-state index contributed by atoms with van der Waals surface area (Å²) in [5, 5.41) is 3.87. The Morgan fingerprint density at radius 3 is 2.22 bits per heavy atom. The lowest BCUT2D eigenvalue weighted by Gasteiger charge is -2.24. The molecule has 18 heavy (non-hydrogen) atoms. The van der Waals surface area contributed by atoms with E-state index in [1.54, 1.807) is 0 Å². The van der Waals surface area contributed by atoms with Crippen LogP contribution in [0.15, 0.2) is 27.1 Å². The van der Waals surface area contributed by atoms with E-state index in [-0.39, 0.29) is 0 Å². The highest BCUT2D eigenvalue weighted by Crippen LogP contribution is 2.45. The van der Waals surface area contributed by atoms with Gasteiger partial charge in [0.05, 0.1) is 0 Å². The Bertz CT molecular complexity index is 426. The number of hydrogen-bond donors (Lipinski definition) is 1. The lowest BCUT2D eigenvalue weighted by Crippen LogP contribution is -2.35. The third kappa shape index (κ3) is 3.00. The normalized spacial score (nSPS) is 21.3. The molecule has 0 spiro atoms. The second-order valence-electron chi connectivity index (χ2n) is 5.75. The zero-order valence-corrected chi connectivity index (χ0v) is 13.8. The van der Waals surface area contributed by atoms with Crippen molar-refractivity contribution in [2.45, 2.75) is 44.7 Å². The quantitative estimate of drug-likeness (QED) is 0.762. The average molecular weight is 373 g/mol. The van der Waals surface area contributed by atoms with E-state index in [9.17, 15) is 0 Å². The Hall–Kier alpha value is 0.140. The summed E-state index contributed by atoms with van der Waals surface area (Å²) in [7, 11) is 0. The molecule has 1 unspecified atom stereocenters. The Kier molecular flexibility index (Phi) is 3.84. The monoisotopic (exact) mass is 371 g/mol. The molecular formula is C15H19Br2N. The molecule has 2 fully saturated rings. The number of benzene rings is 1. The average Bonchev–Trinajstić information content (AvgIpc) is 3.17. The zero-order chi connectivity index (χ0) is 12.7. The fourth-order valence-corrected chi connectivity index (χ4v) is 4.19. The first-order valence-corrected chi connectivity index (χ1v) is 8.45. The number of rotatable bonds is 5. The van der Waals surface area contributed by atoms with Crippen LogP contribution >= 0.6 is 31.9 Å². The van der Waals surface area contributed by atoms with Gasteiger partial charge in [-0.3, -0.25) is 0 Å². The number of hydrogen-bond acceptors (Lipinski definition) is 1. The van der Waals surface area contributed by atoms with Crippen LogP contribution in [-0.2, 0) is 0 Å². The maximum Gasteiger partial charge on any atom is 0.0305 e. The van der Waals surface area contributed by atoms with E-state index in [0.717, 1.165) is 22.4 Å². The molecular weight excluding hydrogens is 354 g/mol. The molecule has 98 valence electrons. The molecule has 1 aromatic carbocycles. The maximum absolute atomic E-state index is 3.87. The van der Waals surface area contributed by atoms with Gasteiger partial charge in [0.15, 0.2) is 0 Å². The smallest absolute Gasteiger partial charge is 0.0305 e.